The number of hydrogen-bond donors (Lipinski definition) is 0. The molecule has 0 bridgehead atoms. The van der Waals surface area contributed by atoms with Crippen molar-refractivity contribution in [1.29, 1.82) is 0 Å². The van der Waals surface area contributed by atoms with Crippen LogP contribution in [0.15, 0.2) is 60.7 Å². The Morgan fingerprint density at radius 1 is 0.815 bits per heavy atom. The van der Waals surface area contributed by atoms with Gasteiger partial charge in [-0.3, -0.25) is 0 Å². The van der Waals surface area contributed by atoms with Gasteiger partial charge in [-0.25, -0.2) is 0 Å². The van der Waals surface area contributed by atoms with Gasteiger partial charge in [-0.05, 0) is 25.7 Å². The summed E-state index contributed by atoms with van der Waals surface area (Å²) < 4.78 is 6.83. The predicted molar refractivity (Wildman–Crippen MR) is 123 cm³/mol. The molecule has 3 rings (SSSR count). The fourth-order valence-corrected chi connectivity index (χ4v) is 7.47. The summed E-state index contributed by atoms with van der Waals surface area (Å²) in [6, 6.07) is 21.5. The van der Waals surface area contributed by atoms with Gasteiger partial charge in [0.05, 0.1) is 14.3 Å². The fourth-order valence-electron chi connectivity index (χ4n) is 3.86. The van der Waals surface area contributed by atoms with Crippen molar-refractivity contribution in [2.45, 2.75) is 69.5 Å². The van der Waals surface area contributed by atoms with Gasteiger partial charge in [-0.1, -0.05) is 93.8 Å². The highest BCUT2D eigenvalue weighted by atomic mass is 32.2. The molecule has 0 radical (unpaired) electrons. The average molecular weight is 401 g/mol. The van der Waals surface area contributed by atoms with Gasteiger partial charge in [0.25, 0.3) is 0 Å². The SMILES string of the molecule is CC(C)[C@@H](SC1CCCCC1)[C@@H](C)OP(c1ccccc1)c1ccccc1. The second-order valence-corrected chi connectivity index (χ2v) is 11.2. The minimum absolute atomic E-state index is 0.239. The lowest BCUT2D eigenvalue weighted by atomic mass is 10.0. The van der Waals surface area contributed by atoms with E-state index in [1.807, 2.05) is 0 Å². The van der Waals surface area contributed by atoms with E-state index in [1.165, 1.54) is 42.7 Å². The van der Waals surface area contributed by atoms with E-state index in [9.17, 15) is 0 Å². The molecule has 1 aliphatic carbocycles. The van der Waals surface area contributed by atoms with Crippen LogP contribution in [0.3, 0.4) is 0 Å². The van der Waals surface area contributed by atoms with E-state index in [-0.39, 0.29) is 6.10 Å². The molecule has 146 valence electrons. The zero-order chi connectivity index (χ0) is 19.1. The Hall–Kier alpha value is -0.820. The summed E-state index contributed by atoms with van der Waals surface area (Å²) in [6.07, 6.45) is 7.22. The maximum absolute atomic E-state index is 6.83. The van der Waals surface area contributed by atoms with Crippen molar-refractivity contribution in [3.63, 3.8) is 0 Å². The fraction of sp³-hybridized carbons (Fsp3) is 0.500. The van der Waals surface area contributed by atoms with E-state index in [0.717, 1.165) is 5.25 Å². The molecule has 1 fully saturated rings. The summed E-state index contributed by atoms with van der Waals surface area (Å²) in [5.74, 6) is 0.621. The van der Waals surface area contributed by atoms with Crippen molar-refractivity contribution < 1.29 is 4.52 Å². The van der Waals surface area contributed by atoms with Crippen molar-refractivity contribution in [3.05, 3.63) is 60.7 Å². The molecule has 27 heavy (non-hydrogen) atoms. The highest BCUT2D eigenvalue weighted by Crippen LogP contribution is 2.42. The molecule has 0 spiro atoms. The molecule has 0 aromatic heterocycles. The summed E-state index contributed by atoms with van der Waals surface area (Å²) in [7, 11) is -0.784. The number of benzene rings is 2. The molecule has 1 nitrogen and oxygen atoms in total. The average Bonchev–Trinajstić information content (AvgIpc) is 2.72. The van der Waals surface area contributed by atoms with Crippen LogP contribution in [0, 0.1) is 5.92 Å². The third-order valence-electron chi connectivity index (χ3n) is 5.27. The summed E-state index contributed by atoms with van der Waals surface area (Å²) in [5.41, 5.74) is 0. The first-order valence-corrected chi connectivity index (χ1v) is 12.6. The Labute approximate surface area is 171 Å². The first-order chi connectivity index (χ1) is 13.1. The molecule has 2 atom stereocenters. The van der Waals surface area contributed by atoms with Crippen molar-refractivity contribution in [3.8, 4) is 0 Å². The Bertz CT molecular complexity index is 615. The number of rotatable bonds is 8. The van der Waals surface area contributed by atoms with E-state index in [4.69, 9.17) is 4.52 Å². The zero-order valence-electron chi connectivity index (χ0n) is 16.9. The quantitative estimate of drug-likeness (QED) is 0.466. The second kappa shape index (κ2) is 10.6. The molecule has 1 aliphatic rings. The lowest BCUT2D eigenvalue weighted by Crippen LogP contribution is -2.31. The van der Waals surface area contributed by atoms with Crippen molar-refractivity contribution in [2.75, 3.05) is 0 Å². The van der Waals surface area contributed by atoms with Gasteiger partial charge in [0.1, 0.15) is 0 Å². The topological polar surface area (TPSA) is 9.23 Å². The van der Waals surface area contributed by atoms with Crippen LogP contribution in [0.2, 0.25) is 0 Å². The molecule has 0 amide bonds. The van der Waals surface area contributed by atoms with Crippen LogP contribution in [-0.4, -0.2) is 16.6 Å². The highest BCUT2D eigenvalue weighted by Gasteiger charge is 2.29. The van der Waals surface area contributed by atoms with Crippen LogP contribution in [-0.2, 0) is 4.52 Å². The molecule has 3 heteroatoms. The molecular formula is C24H33OPS. The van der Waals surface area contributed by atoms with Gasteiger partial charge in [-0.2, -0.15) is 11.8 Å². The Morgan fingerprint density at radius 2 is 1.33 bits per heavy atom. The van der Waals surface area contributed by atoms with Gasteiger partial charge >= 0.3 is 0 Å². The number of thioether (sulfide) groups is 1. The van der Waals surface area contributed by atoms with E-state index in [0.29, 0.717) is 11.2 Å². The van der Waals surface area contributed by atoms with Gasteiger partial charge < -0.3 is 4.52 Å². The minimum Gasteiger partial charge on any atom is -0.346 e. The zero-order valence-corrected chi connectivity index (χ0v) is 18.6. The predicted octanol–water partition coefficient (Wildman–Crippen LogP) is 6.53. The van der Waals surface area contributed by atoms with Crippen LogP contribution >= 0.6 is 19.9 Å². The van der Waals surface area contributed by atoms with E-state index >= 15 is 0 Å². The lowest BCUT2D eigenvalue weighted by Gasteiger charge is -2.34. The first-order valence-electron chi connectivity index (χ1n) is 10.4. The van der Waals surface area contributed by atoms with Crippen LogP contribution in [0.25, 0.3) is 0 Å². The molecule has 2 aromatic rings. The summed E-state index contributed by atoms with van der Waals surface area (Å²) in [4.78, 5) is 0. The second-order valence-electron chi connectivity index (χ2n) is 7.88. The van der Waals surface area contributed by atoms with Crippen LogP contribution in [0.5, 0.6) is 0 Å². The lowest BCUT2D eigenvalue weighted by molar-refractivity contribution is 0.228. The normalized spacial score (nSPS) is 18.0. The van der Waals surface area contributed by atoms with Crippen LogP contribution in [0.1, 0.15) is 52.9 Å². The highest BCUT2D eigenvalue weighted by molar-refractivity contribution is 8.00. The van der Waals surface area contributed by atoms with Crippen LogP contribution in [0.4, 0.5) is 0 Å². The van der Waals surface area contributed by atoms with Crippen molar-refractivity contribution >= 4 is 30.5 Å². The maximum atomic E-state index is 6.83. The van der Waals surface area contributed by atoms with Gasteiger partial charge in [-0.15, -0.1) is 0 Å². The van der Waals surface area contributed by atoms with Gasteiger partial charge in [0.15, 0.2) is 0 Å². The maximum Gasteiger partial charge on any atom is 0.0922 e. The van der Waals surface area contributed by atoms with Gasteiger partial charge in [0, 0.05) is 21.1 Å². The third-order valence-corrected chi connectivity index (χ3v) is 9.45. The van der Waals surface area contributed by atoms with E-state index in [1.54, 1.807) is 0 Å². The molecular weight excluding hydrogens is 367 g/mol. The third kappa shape index (κ3) is 6.08. The molecule has 1 saturated carbocycles. The van der Waals surface area contributed by atoms with E-state index < -0.39 is 8.15 Å². The summed E-state index contributed by atoms with van der Waals surface area (Å²) >= 11 is 2.20. The molecule has 0 saturated heterocycles. The van der Waals surface area contributed by atoms with Crippen molar-refractivity contribution in [1.82, 2.24) is 0 Å². The molecule has 0 aliphatic heterocycles. The standard InChI is InChI=1S/C24H33OPS/c1-19(2)24(27-23-17-11-6-12-18-23)20(3)25-26(21-13-7-4-8-14-21)22-15-9-5-10-16-22/h4-5,7-10,13-16,19-20,23-24H,6,11-12,17-18H2,1-3H3/t20-,24-/m1/s1. The Morgan fingerprint density at radius 3 is 1.81 bits per heavy atom. The Kier molecular flexibility index (Phi) is 8.24. The Balaban J connectivity index is 1.76. The van der Waals surface area contributed by atoms with Gasteiger partial charge in [0.2, 0.25) is 0 Å². The minimum atomic E-state index is -0.784. The monoisotopic (exact) mass is 400 g/mol. The molecule has 0 heterocycles. The molecule has 0 unspecified atom stereocenters. The number of hydrogen-bond acceptors (Lipinski definition) is 2. The van der Waals surface area contributed by atoms with E-state index in [2.05, 4.69) is 93.2 Å². The smallest absolute Gasteiger partial charge is 0.0922 e. The molecule has 0 N–H and O–H groups in total. The molecule has 2 aromatic carbocycles. The van der Waals surface area contributed by atoms with Crippen molar-refractivity contribution in [2.24, 2.45) is 5.92 Å². The van der Waals surface area contributed by atoms with Crippen LogP contribution < -0.4 is 10.6 Å². The summed E-state index contributed by atoms with van der Waals surface area (Å²) in [6.45, 7) is 7.00. The summed E-state index contributed by atoms with van der Waals surface area (Å²) in [5, 5.41) is 3.97. The first kappa shape index (κ1) is 20.9. The largest absolute Gasteiger partial charge is 0.346 e.